The Morgan fingerprint density at radius 1 is 1.23 bits per heavy atom. The molecule has 31 heavy (non-hydrogen) atoms. The first kappa shape index (κ1) is 21.6. The molecular weight excluding hydrogens is 477 g/mol. The van der Waals surface area contributed by atoms with Crippen molar-refractivity contribution in [3.05, 3.63) is 64.1 Å². The maximum absolute atomic E-state index is 12.5. The van der Waals surface area contributed by atoms with Gasteiger partial charge >= 0.3 is 0 Å². The Hall–Kier alpha value is -2.59. The van der Waals surface area contributed by atoms with Gasteiger partial charge in [0.2, 0.25) is 5.91 Å². The summed E-state index contributed by atoms with van der Waals surface area (Å²) in [5.74, 6) is 1.39. The number of thiophene rings is 1. The molecule has 0 aliphatic heterocycles. The number of methoxy groups -OCH3 is 1. The van der Waals surface area contributed by atoms with Crippen molar-refractivity contribution in [2.75, 3.05) is 18.2 Å². The van der Waals surface area contributed by atoms with Gasteiger partial charge in [0, 0.05) is 6.20 Å². The van der Waals surface area contributed by atoms with E-state index < -0.39 is 0 Å². The first-order chi connectivity index (χ1) is 15.1. The monoisotopic (exact) mass is 491 g/mol. The second kappa shape index (κ2) is 9.69. The van der Waals surface area contributed by atoms with Crippen molar-refractivity contribution in [3.63, 3.8) is 0 Å². The highest BCUT2D eigenvalue weighted by atomic mass is 35.5. The molecular formula is C20H15Cl2N5O2S2. The van der Waals surface area contributed by atoms with Crippen LogP contribution in [0, 0.1) is 0 Å². The molecule has 0 spiro atoms. The van der Waals surface area contributed by atoms with Gasteiger partial charge in [-0.3, -0.25) is 9.36 Å². The number of ether oxygens (including phenoxy) is 1. The van der Waals surface area contributed by atoms with Crippen LogP contribution >= 0.6 is 46.3 Å². The Bertz CT molecular complexity index is 1210. The normalized spacial score (nSPS) is 10.8. The van der Waals surface area contributed by atoms with Crippen molar-refractivity contribution in [3.8, 4) is 22.1 Å². The maximum Gasteiger partial charge on any atom is 0.236 e. The molecule has 0 saturated heterocycles. The third kappa shape index (κ3) is 4.85. The van der Waals surface area contributed by atoms with Crippen molar-refractivity contribution in [2.24, 2.45) is 0 Å². The van der Waals surface area contributed by atoms with Crippen LogP contribution in [-0.4, -0.2) is 38.5 Å². The molecule has 1 N–H and O–H groups in total. The lowest BCUT2D eigenvalue weighted by Crippen LogP contribution is -2.16. The van der Waals surface area contributed by atoms with Gasteiger partial charge in [0.15, 0.2) is 16.8 Å². The van der Waals surface area contributed by atoms with E-state index in [1.54, 1.807) is 18.4 Å². The molecule has 0 atom stereocenters. The van der Waals surface area contributed by atoms with Crippen molar-refractivity contribution in [2.45, 2.75) is 5.16 Å². The van der Waals surface area contributed by atoms with Crippen LogP contribution in [0.25, 0.3) is 16.4 Å². The van der Waals surface area contributed by atoms with Gasteiger partial charge in [0.25, 0.3) is 0 Å². The molecule has 0 saturated carbocycles. The number of thioether (sulfide) groups is 1. The van der Waals surface area contributed by atoms with Crippen molar-refractivity contribution in [1.29, 1.82) is 0 Å². The molecule has 0 bridgehead atoms. The summed E-state index contributed by atoms with van der Waals surface area (Å²) in [6.07, 6.45) is 1.42. The number of aromatic nitrogens is 4. The summed E-state index contributed by atoms with van der Waals surface area (Å²) >= 11 is 14.7. The van der Waals surface area contributed by atoms with Crippen LogP contribution in [0.4, 0.5) is 5.82 Å². The minimum Gasteiger partial charge on any atom is -0.495 e. The fraction of sp³-hybridized carbons (Fsp3) is 0.100. The van der Waals surface area contributed by atoms with Gasteiger partial charge in [-0.2, -0.15) is 0 Å². The Kier molecular flexibility index (Phi) is 6.77. The number of pyridine rings is 1. The van der Waals surface area contributed by atoms with E-state index in [1.807, 2.05) is 46.3 Å². The molecule has 1 amide bonds. The molecule has 0 radical (unpaired) electrons. The van der Waals surface area contributed by atoms with E-state index in [0.29, 0.717) is 21.8 Å². The number of para-hydroxylation sites is 2. The maximum atomic E-state index is 12.5. The number of hydrogen-bond acceptors (Lipinski definition) is 7. The molecule has 4 rings (SSSR count). The van der Waals surface area contributed by atoms with E-state index in [1.165, 1.54) is 24.0 Å². The molecule has 3 heterocycles. The van der Waals surface area contributed by atoms with Crippen LogP contribution in [0.1, 0.15) is 0 Å². The van der Waals surface area contributed by atoms with Crippen molar-refractivity contribution < 1.29 is 9.53 Å². The molecule has 0 aliphatic carbocycles. The topological polar surface area (TPSA) is 81.9 Å². The number of hydrogen-bond donors (Lipinski definition) is 1. The van der Waals surface area contributed by atoms with Crippen molar-refractivity contribution in [1.82, 2.24) is 19.7 Å². The SMILES string of the molecule is COc1ccccc1-n1c(SCC(=O)Nc2ncc(Cl)cc2Cl)nnc1-c1cccs1. The number of carbonyl (C=O) groups excluding carboxylic acids is 1. The van der Waals surface area contributed by atoms with Gasteiger partial charge in [0.05, 0.1) is 33.5 Å². The number of rotatable bonds is 7. The van der Waals surface area contributed by atoms with Gasteiger partial charge in [-0.05, 0) is 29.6 Å². The number of halogens is 2. The summed E-state index contributed by atoms with van der Waals surface area (Å²) < 4.78 is 7.41. The summed E-state index contributed by atoms with van der Waals surface area (Å²) in [5, 5.41) is 14.6. The molecule has 3 aromatic heterocycles. The van der Waals surface area contributed by atoms with Crippen LogP contribution in [0.3, 0.4) is 0 Å². The van der Waals surface area contributed by atoms with E-state index in [2.05, 4.69) is 20.5 Å². The molecule has 158 valence electrons. The summed E-state index contributed by atoms with van der Waals surface area (Å²) in [7, 11) is 1.61. The zero-order valence-corrected chi connectivity index (χ0v) is 19.2. The molecule has 0 unspecified atom stereocenters. The quantitative estimate of drug-likeness (QED) is 0.346. The van der Waals surface area contributed by atoms with E-state index in [0.717, 1.165) is 10.6 Å². The largest absolute Gasteiger partial charge is 0.495 e. The fourth-order valence-corrected chi connectivity index (χ4v) is 4.64. The highest BCUT2D eigenvalue weighted by Gasteiger charge is 2.20. The van der Waals surface area contributed by atoms with E-state index in [9.17, 15) is 4.79 Å². The highest BCUT2D eigenvalue weighted by molar-refractivity contribution is 7.99. The minimum atomic E-state index is -0.283. The van der Waals surface area contributed by atoms with E-state index in [4.69, 9.17) is 27.9 Å². The smallest absolute Gasteiger partial charge is 0.236 e. The van der Waals surface area contributed by atoms with Crippen LogP contribution in [0.15, 0.2) is 59.2 Å². The van der Waals surface area contributed by atoms with Crippen LogP contribution < -0.4 is 10.1 Å². The van der Waals surface area contributed by atoms with Crippen LogP contribution in [-0.2, 0) is 4.79 Å². The van der Waals surface area contributed by atoms with E-state index >= 15 is 0 Å². The third-order valence-electron chi connectivity index (χ3n) is 4.10. The number of carbonyl (C=O) groups is 1. The lowest BCUT2D eigenvalue weighted by atomic mass is 10.3. The van der Waals surface area contributed by atoms with Crippen LogP contribution in [0.5, 0.6) is 5.75 Å². The average molecular weight is 492 g/mol. The number of anilines is 1. The summed E-state index contributed by atoms with van der Waals surface area (Å²) in [5.41, 5.74) is 0.781. The zero-order valence-electron chi connectivity index (χ0n) is 16.1. The van der Waals surface area contributed by atoms with E-state index in [-0.39, 0.29) is 22.5 Å². The highest BCUT2D eigenvalue weighted by Crippen LogP contribution is 2.34. The second-order valence-electron chi connectivity index (χ2n) is 6.11. The molecule has 11 heteroatoms. The first-order valence-corrected chi connectivity index (χ1v) is 11.6. The Morgan fingerprint density at radius 2 is 2.06 bits per heavy atom. The zero-order chi connectivity index (χ0) is 21.8. The number of benzene rings is 1. The van der Waals surface area contributed by atoms with Crippen molar-refractivity contribution >= 4 is 58.0 Å². The average Bonchev–Trinajstić information content (AvgIpc) is 3.44. The lowest BCUT2D eigenvalue weighted by Gasteiger charge is -2.13. The number of nitrogens with zero attached hydrogens (tertiary/aromatic N) is 4. The van der Waals surface area contributed by atoms with Gasteiger partial charge in [-0.25, -0.2) is 4.98 Å². The minimum absolute atomic E-state index is 0.0817. The summed E-state index contributed by atoms with van der Waals surface area (Å²) in [4.78, 5) is 17.5. The summed E-state index contributed by atoms with van der Waals surface area (Å²) in [6, 6.07) is 13.0. The summed E-state index contributed by atoms with van der Waals surface area (Å²) in [6.45, 7) is 0. The Morgan fingerprint density at radius 3 is 2.81 bits per heavy atom. The molecule has 0 aliphatic rings. The second-order valence-corrected chi connectivity index (χ2v) is 8.85. The third-order valence-corrected chi connectivity index (χ3v) is 6.39. The lowest BCUT2D eigenvalue weighted by molar-refractivity contribution is -0.113. The predicted octanol–water partition coefficient (Wildman–Crippen LogP) is 5.44. The van der Waals surface area contributed by atoms with Gasteiger partial charge in [-0.15, -0.1) is 21.5 Å². The number of nitrogens with one attached hydrogen (secondary N) is 1. The van der Waals surface area contributed by atoms with Gasteiger partial charge in [0.1, 0.15) is 5.75 Å². The predicted molar refractivity (Wildman–Crippen MR) is 125 cm³/mol. The number of amides is 1. The Balaban J connectivity index is 1.60. The molecule has 4 aromatic rings. The fourth-order valence-electron chi connectivity index (χ4n) is 2.77. The standard InChI is InChI=1S/C20H15Cl2N5O2S2/c1-29-15-6-3-2-5-14(15)27-19(16-7-4-8-30-16)25-26-20(27)31-11-17(28)24-18-13(22)9-12(21)10-23-18/h2-10H,11H2,1H3,(H,23,24,28). The molecule has 0 fully saturated rings. The van der Waals surface area contributed by atoms with Crippen LogP contribution in [0.2, 0.25) is 10.0 Å². The first-order valence-electron chi connectivity index (χ1n) is 8.93. The Labute approximate surface area is 196 Å². The van der Waals surface area contributed by atoms with Gasteiger partial charge in [-0.1, -0.05) is 53.2 Å². The molecule has 7 nitrogen and oxygen atoms in total. The molecule has 1 aromatic carbocycles. The van der Waals surface area contributed by atoms with Gasteiger partial charge < -0.3 is 10.1 Å².